The lowest BCUT2D eigenvalue weighted by molar-refractivity contribution is -0.142. The predicted molar refractivity (Wildman–Crippen MR) is 85.3 cm³/mol. The number of rotatable bonds is 7. The molecule has 8 heteroatoms. The van der Waals surface area contributed by atoms with Gasteiger partial charge in [-0.15, -0.1) is 0 Å². The summed E-state index contributed by atoms with van der Waals surface area (Å²) in [5, 5.41) is 2.36. The second-order valence-electron chi connectivity index (χ2n) is 5.61. The minimum Gasteiger partial charge on any atom is -0.493 e. The van der Waals surface area contributed by atoms with Crippen LogP contribution in [0.15, 0.2) is 18.2 Å². The van der Waals surface area contributed by atoms with Gasteiger partial charge in [0.25, 0.3) is 0 Å². The molecule has 0 heterocycles. The number of alkyl halides is 2. The van der Waals surface area contributed by atoms with Crippen LogP contribution in [0.1, 0.15) is 20.3 Å². The number of nitrogens with zero attached hydrogens (tertiary/aromatic N) is 1. The molecular formula is C16H22F2N2O4. The Morgan fingerprint density at radius 1 is 1.25 bits per heavy atom. The van der Waals surface area contributed by atoms with E-state index in [2.05, 4.69) is 10.1 Å². The van der Waals surface area contributed by atoms with Crippen molar-refractivity contribution in [3.8, 4) is 11.5 Å². The van der Waals surface area contributed by atoms with Crippen LogP contribution < -0.4 is 14.8 Å². The van der Waals surface area contributed by atoms with Crippen LogP contribution in [0, 0.1) is 5.92 Å². The third-order valence-corrected chi connectivity index (χ3v) is 3.22. The molecule has 0 spiro atoms. The van der Waals surface area contributed by atoms with Crippen molar-refractivity contribution in [3.63, 3.8) is 0 Å². The first-order valence-corrected chi connectivity index (χ1v) is 7.43. The molecule has 0 unspecified atom stereocenters. The smallest absolute Gasteiger partial charge is 0.387 e. The molecule has 0 saturated carbocycles. The average Bonchev–Trinajstić information content (AvgIpc) is 2.51. The number of methoxy groups -OCH3 is 1. The number of halogens is 2. The van der Waals surface area contributed by atoms with E-state index in [0.29, 0.717) is 12.5 Å². The van der Waals surface area contributed by atoms with Gasteiger partial charge in [0.05, 0.1) is 7.11 Å². The van der Waals surface area contributed by atoms with Crippen LogP contribution in [0.3, 0.4) is 0 Å². The normalized spacial score (nSPS) is 10.7. The summed E-state index contributed by atoms with van der Waals surface area (Å²) in [7, 11) is 2.84. The maximum absolute atomic E-state index is 12.4. The molecule has 0 saturated heterocycles. The largest absolute Gasteiger partial charge is 0.493 e. The second kappa shape index (κ2) is 9.05. The van der Waals surface area contributed by atoms with Crippen molar-refractivity contribution in [3.05, 3.63) is 18.2 Å². The minimum absolute atomic E-state index is 0.0914. The number of hydrogen-bond donors (Lipinski definition) is 1. The number of anilines is 1. The lowest BCUT2D eigenvalue weighted by Gasteiger charge is -2.18. The Balaban J connectivity index is 2.77. The van der Waals surface area contributed by atoms with Gasteiger partial charge >= 0.3 is 18.4 Å². The molecule has 0 aromatic heterocycles. The van der Waals surface area contributed by atoms with Crippen LogP contribution in [-0.4, -0.2) is 44.0 Å². The van der Waals surface area contributed by atoms with Gasteiger partial charge in [-0.05, 0) is 24.5 Å². The lowest BCUT2D eigenvalue weighted by Crippen LogP contribution is -2.37. The van der Waals surface area contributed by atoms with Gasteiger partial charge in [0.2, 0.25) is 0 Å². The molecule has 134 valence electrons. The number of benzene rings is 1. The Kier molecular flexibility index (Phi) is 7.41. The maximum Gasteiger partial charge on any atom is 0.387 e. The van der Waals surface area contributed by atoms with Crippen LogP contribution >= 0.6 is 0 Å². The summed E-state index contributed by atoms with van der Waals surface area (Å²) < 4.78 is 34.0. The fourth-order valence-corrected chi connectivity index (χ4v) is 1.85. The van der Waals surface area contributed by atoms with Crippen molar-refractivity contribution in [2.45, 2.75) is 26.9 Å². The van der Waals surface area contributed by atoms with Gasteiger partial charge in [-0.3, -0.25) is 9.59 Å². The molecule has 0 aliphatic carbocycles. The van der Waals surface area contributed by atoms with E-state index in [4.69, 9.17) is 4.74 Å². The van der Waals surface area contributed by atoms with Gasteiger partial charge in [0.15, 0.2) is 11.5 Å². The van der Waals surface area contributed by atoms with Gasteiger partial charge in [0.1, 0.15) is 0 Å². The van der Waals surface area contributed by atoms with E-state index < -0.39 is 18.4 Å². The van der Waals surface area contributed by atoms with E-state index >= 15 is 0 Å². The number of carbonyl (C=O) groups excluding carboxylic acids is 2. The number of hydrogen-bond acceptors (Lipinski definition) is 4. The SMILES string of the molecule is COc1ccc(NC(=O)C(=O)N(C)CCC(C)C)cc1OC(F)F. The highest BCUT2D eigenvalue weighted by Crippen LogP contribution is 2.31. The first-order valence-electron chi connectivity index (χ1n) is 7.43. The quantitative estimate of drug-likeness (QED) is 0.773. The summed E-state index contributed by atoms with van der Waals surface area (Å²) in [6.45, 7) is 1.45. The summed E-state index contributed by atoms with van der Waals surface area (Å²) in [6, 6.07) is 3.96. The number of amides is 2. The molecule has 24 heavy (non-hydrogen) atoms. The van der Waals surface area contributed by atoms with Crippen molar-refractivity contribution in [1.82, 2.24) is 4.90 Å². The molecule has 0 aliphatic heterocycles. The molecule has 1 aromatic rings. The van der Waals surface area contributed by atoms with E-state index in [-0.39, 0.29) is 17.2 Å². The van der Waals surface area contributed by atoms with E-state index in [0.717, 1.165) is 6.42 Å². The van der Waals surface area contributed by atoms with E-state index in [1.807, 2.05) is 13.8 Å². The Bertz CT molecular complexity index is 579. The zero-order valence-electron chi connectivity index (χ0n) is 14.1. The maximum atomic E-state index is 12.4. The van der Waals surface area contributed by atoms with Crippen molar-refractivity contribution >= 4 is 17.5 Å². The van der Waals surface area contributed by atoms with Gasteiger partial charge in [-0.25, -0.2) is 0 Å². The average molecular weight is 344 g/mol. The van der Waals surface area contributed by atoms with Crippen LogP contribution in [0.4, 0.5) is 14.5 Å². The molecule has 0 atom stereocenters. The molecule has 0 radical (unpaired) electrons. The molecule has 0 bridgehead atoms. The van der Waals surface area contributed by atoms with Crippen LogP contribution in [0.25, 0.3) is 0 Å². The molecule has 6 nitrogen and oxygen atoms in total. The summed E-state index contributed by atoms with van der Waals surface area (Å²) in [4.78, 5) is 25.3. The molecule has 2 amide bonds. The third-order valence-electron chi connectivity index (χ3n) is 3.22. The molecular weight excluding hydrogens is 322 g/mol. The summed E-state index contributed by atoms with van der Waals surface area (Å²) in [5.74, 6) is -1.30. The van der Waals surface area contributed by atoms with Gasteiger partial charge in [-0.2, -0.15) is 8.78 Å². The standard InChI is InChI=1S/C16H22F2N2O4/c1-10(2)7-8-20(3)15(22)14(21)19-11-5-6-12(23-4)13(9-11)24-16(17)18/h5-6,9-10,16H,7-8H2,1-4H3,(H,19,21). The molecule has 0 aliphatic rings. The third kappa shape index (κ3) is 6.02. The Hall–Kier alpha value is -2.38. The summed E-state index contributed by atoms with van der Waals surface area (Å²) in [6.07, 6.45) is 0.768. The Labute approximate surface area is 139 Å². The van der Waals surface area contributed by atoms with Crippen LogP contribution in [0.2, 0.25) is 0 Å². The highest BCUT2D eigenvalue weighted by molar-refractivity contribution is 6.39. The van der Waals surface area contributed by atoms with Crippen molar-refractivity contribution in [2.75, 3.05) is 26.0 Å². The Morgan fingerprint density at radius 3 is 2.46 bits per heavy atom. The predicted octanol–water partition coefficient (Wildman–Crippen LogP) is 2.74. The van der Waals surface area contributed by atoms with E-state index in [1.165, 1.54) is 37.3 Å². The van der Waals surface area contributed by atoms with Crippen molar-refractivity contribution in [2.24, 2.45) is 5.92 Å². The zero-order valence-corrected chi connectivity index (χ0v) is 14.1. The minimum atomic E-state index is -3.03. The van der Waals surface area contributed by atoms with Gasteiger partial charge in [-0.1, -0.05) is 13.8 Å². The highest BCUT2D eigenvalue weighted by atomic mass is 19.3. The first kappa shape index (κ1) is 19.7. The number of ether oxygens (including phenoxy) is 2. The molecule has 0 fully saturated rings. The highest BCUT2D eigenvalue weighted by Gasteiger charge is 2.20. The number of carbonyl (C=O) groups is 2. The fraction of sp³-hybridized carbons (Fsp3) is 0.500. The topological polar surface area (TPSA) is 67.9 Å². The summed E-state index contributed by atoms with van der Waals surface area (Å²) >= 11 is 0. The molecule has 1 aromatic carbocycles. The first-order chi connectivity index (χ1) is 11.2. The molecule has 1 rings (SSSR count). The number of nitrogens with one attached hydrogen (secondary N) is 1. The van der Waals surface area contributed by atoms with Crippen molar-refractivity contribution < 1.29 is 27.8 Å². The Morgan fingerprint density at radius 2 is 1.92 bits per heavy atom. The van der Waals surface area contributed by atoms with E-state index in [9.17, 15) is 18.4 Å². The monoisotopic (exact) mass is 344 g/mol. The summed E-state index contributed by atoms with van der Waals surface area (Å²) in [5.41, 5.74) is 0.155. The lowest BCUT2D eigenvalue weighted by atomic mass is 10.1. The van der Waals surface area contributed by atoms with Crippen molar-refractivity contribution in [1.29, 1.82) is 0 Å². The van der Waals surface area contributed by atoms with Crippen LogP contribution in [0.5, 0.6) is 11.5 Å². The van der Waals surface area contributed by atoms with Crippen LogP contribution in [-0.2, 0) is 9.59 Å². The van der Waals surface area contributed by atoms with Gasteiger partial charge in [0, 0.05) is 25.3 Å². The van der Waals surface area contributed by atoms with E-state index in [1.54, 1.807) is 0 Å². The zero-order chi connectivity index (χ0) is 18.3. The molecule has 1 N–H and O–H groups in total. The number of likely N-dealkylation sites (N-methyl/N-ethyl adjacent to an activating group) is 1. The fourth-order valence-electron chi connectivity index (χ4n) is 1.85. The second-order valence-corrected chi connectivity index (χ2v) is 5.61. The van der Waals surface area contributed by atoms with Gasteiger partial charge < -0.3 is 19.7 Å².